The highest BCUT2D eigenvalue weighted by molar-refractivity contribution is 5.97. The van der Waals surface area contributed by atoms with Gasteiger partial charge in [-0.25, -0.2) is 4.39 Å². The lowest BCUT2D eigenvalue weighted by Crippen LogP contribution is -2.66. The molecule has 3 unspecified atom stereocenters. The molecule has 214 valence electrons. The van der Waals surface area contributed by atoms with Gasteiger partial charge in [0, 0.05) is 30.7 Å². The van der Waals surface area contributed by atoms with Crippen molar-refractivity contribution in [1.82, 2.24) is 20.4 Å². The molecule has 3 atom stereocenters. The number of hydrogen-bond donors (Lipinski definition) is 2. The lowest BCUT2D eigenvalue weighted by Gasteiger charge is -2.41. The molecule has 10 heteroatoms. The van der Waals surface area contributed by atoms with Crippen molar-refractivity contribution in [2.45, 2.75) is 38.0 Å². The third kappa shape index (κ3) is 6.86. The van der Waals surface area contributed by atoms with Crippen LogP contribution in [0.5, 0.6) is 5.75 Å². The smallest absolute Gasteiger partial charge is 0.237 e. The van der Waals surface area contributed by atoms with Crippen LogP contribution in [0.1, 0.15) is 35.2 Å². The monoisotopic (exact) mass is 552 g/mol. The fourth-order valence-electron chi connectivity index (χ4n) is 5.79. The van der Waals surface area contributed by atoms with Gasteiger partial charge in [-0.2, -0.15) is 0 Å². The van der Waals surface area contributed by atoms with Gasteiger partial charge in [0.1, 0.15) is 11.6 Å². The summed E-state index contributed by atoms with van der Waals surface area (Å²) in [6.45, 7) is 3.23. The zero-order chi connectivity index (χ0) is 28.1. The normalized spacial score (nSPS) is 23.6. The number of nitrogens with one attached hydrogen (secondary N) is 2. The number of amides is 2. The lowest BCUT2D eigenvalue weighted by atomic mass is 9.89. The van der Waals surface area contributed by atoms with E-state index in [0.717, 1.165) is 17.7 Å². The van der Waals surface area contributed by atoms with Crippen LogP contribution >= 0.6 is 0 Å². The Morgan fingerprint density at radius 3 is 2.50 bits per heavy atom. The first-order valence-electron chi connectivity index (χ1n) is 14.0. The third-order valence-electron chi connectivity index (χ3n) is 8.16. The maximum absolute atomic E-state index is 13.6. The van der Waals surface area contributed by atoms with Crippen molar-refractivity contribution >= 4 is 17.6 Å². The van der Waals surface area contributed by atoms with E-state index in [4.69, 9.17) is 9.47 Å². The number of benzene rings is 2. The summed E-state index contributed by atoms with van der Waals surface area (Å²) in [6.07, 6.45) is 1.70. The maximum Gasteiger partial charge on any atom is 0.237 e. The first kappa shape index (κ1) is 28.2. The number of ketones is 1. The van der Waals surface area contributed by atoms with Gasteiger partial charge in [-0.1, -0.05) is 12.1 Å². The number of rotatable bonds is 9. The number of likely N-dealkylation sites (tertiary alicyclic amines) is 1. The van der Waals surface area contributed by atoms with Gasteiger partial charge in [0.25, 0.3) is 0 Å². The van der Waals surface area contributed by atoms with Gasteiger partial charge < -0.3 is 19.7 Å². The Hall–Kier alpha value is -3.34. The second-order valence-corrected chi connectivity index (χ2v) is 10.8. The van der Waals surface area contributed by atoms with Gasteiger partial charge in [0.2, 0.25) is 11.8 Å². The average Bonchev–Trinajstić information content (AvgIpc) is 2.97. The highest BCUT2D eigenvalue weighted by Gasteiger charge is 2.39. The Morgan fingerprint density at radius 1 is 1.07 bits per heavy atom. The summed E-state index contributed by atoms with van der Waals surface area (Å²) in [6, 6.07) is 13.3. The molecule has 3 fully saturated rings. The van der Waals surface area contributed by atoms with Crippen molar-refractivity contribution in [3.8, 4) is 5.75 Å². The SMILES string of the molecule is COc1ccc(CN(CC2NC(=O)C3COCCC3N2)C(=O)CN2CCC(C(=O)c3ccc(F)cc3)CC2)cc1. The number of hydrogen-bond acceptors (Lipinski definition) is 7. The van der Waals surface area contributed by atoms with Gasteiger partial charge in [0.05, 0.1) is 38.9 Å². The molecule has 0 spiro atoms. The molecule has 0 saturated carbocycles. The van der Waals surface area contributed by atoms with Crippen LogP contribution in [0.2, 0.25) is 0 Å². The summed E-state index contributed by atoms with van der Waals surface area (Å²) < 4.78 is 24.0. The molecule has 0 radical (unpaired) electrons. The molecule has 2 N–H and O–H groups in total. The number of carbonyl (C=O) groups is 3. The van der Waals surface area contributed by atoms with Crippen LogP contribution < -0.4 is 15.4 Å². The number of ether oxygens (including phenoxy) is 2. The molecule has 9 nitrogen and oxygen atoms in total. The van der Waals surface area contributed by atoms with E-state index in [2.05, 4.69) is 15.5 Å². The molecule has 2 amide bonds. The quantitative estimate of drug-likeness (QED) is 0.460. The van der Waals surface area contributed by atoms with Crippen LogP contribution in [0.3, 0.4) is 0 Å². The predicted molar refractivity (Wildman–Crippen MR) is 146 cm³/mol. The molecule has 5 rings (SSSR count). The van der Waals surface area contributed by atoms with Crippen molar-refractivity contribution in [3.05, 3.63) is 65.5 Å². The molecule has 2 aromatic carbocycles. The number of piperidine rings is 1. The van der Waals surface area contributed by atoms with Crippen molar-refractivity contribution < 1.29 is 28.2 Å². The Balaban J connectivity index is 1.21. The second kappa shape index (κ2) is 12.9. The summed E-state index contributed by atoms with van der Waals surface area (Å²) in [5, 5.41) is 6.54. The van der Waals surface area contributed by atoms with Gasteiger partial charge in [-0.15, -0.1) is 0 Å². The molecule has 3 heterocycles. The van der Waals surface area contributed by atoms with Crippen LogP contribution in [0.15, 0.2) is 48.5 Å². The van der Waals surface area contributed by atoms with E-state index in [1.165, 1.54) is 24.3 Å². The third-order valence-corrected chi connectivity index (χ3v) is 8.16. The highest BCUT2D eigenvalue weighted by Crippen LogP contribution is 2.23. The minimum absolute atomic E-state index is 0.0256. The Bertz CT molecular complexity index is 1180. The van der Waals surface area contributed by atoms with Gasteiger partial charge in [0.15, 0.2) is 5.78 Å². The van der Waals surface area contributed by atoms with Crippen molar-refractivity contribution in [3.63, 3.8) is 0 Å². The minimum atomic E-state index is -0.361. The highest BCUT2D eigenvalue weighted by atomic mass is 19.1. The average molecular weight is 553 g/mol. The Kier molecular flexibility index (Phi) is 9.08. The molecule has 3 aliphatic rings. The van der Waals surface area contributed by atoms with Crippen molar-refractivity contribution in [2.75, 3.05) is 46.5 Å². The van der Waals surface area contributed by atoms with E-state index >= 15 is 0 Å². The zero-order valence-electron chi connectivity index (χ0n) is 22.8. The molecular weight excluding hydrogens is 515 g/mol. The second-order valence-electron chi connectivity index (χ2n) is 10.8. The Morgan fingerprint density at radius 2 is 1.80 bits per heavy atom. The molecule has 3 saturated heterocycles. The number of methoxy groups -OCH3 is 1. The number of halogens is 1. The number of fused-ring (bicyclic) bond motifs is 1. The van der Waals surface area contributed by atoms with E-state index in [1.54, 1.807) is 12.0 Å². The molecule has 0 aromatic heterocycles. The molecular formula is C30H37FN4O5. The van der Waals surface area contributed by atoms with Crippen molar-refractivity contribution in [1.29, 1.82) is 0 Å². The standard InChI is InChI=1S/C30H37FN4O5/c1-39-24-8-2-20(3-9-24)16-35(17-27-32-26-12-15-40-19-25(26)30(38)33-27)28(36)18-34-13-10-22(11-14-34)29(37)21-4-6-23(31)7-5-21/h2-9,22,25-27,32H,10-19H2,1H3,(H,33,38). The van der Waals surface area contributed by atoms with E-state index < -0.39 is 0 Å². The van der Waals surface area contributed by atoms with Crippen LogP contribution in [0, 0.1) is 17.7 Å². The first-order chi connectivity index (χ1) is 19.4. The van der Waals surface area contributed by atoms with Crippen LogP contribution in [-0.4, -0.2) is 86.1 Å². The van der Waals surface area contributed by atoms with Crippen LogP contribution in [0.25, 0.3) is 0 Å². The summed E-state index contributed by atoms with van der Waals surface area (Å²) in [5.41, 5.74) is 1.49. The van der Waals surface area contributed by atoms with E-state index in [9.17, 15) is 18.8 Å². The molecule has 0 aliphatic carbocycles. The number of Topliss-reactive ketones (excluding diaryl/α,β-unsaturated/α-hetero) is 1. The molecule has 0 bridgehead atoms. The van der Waals surface area contributed by atoms with Crippen LogP contribution in [-0.2, 0) is 20.9 Å². The summed E-state index contributed by atoms with van der Waals surface area (Å²) in [7, 11) is 1.61. The summed E-state index contributed by atoms with van der Waals surface area (Å²) in [5.74, 6) is -0.0258. The van der Waals surface area contributed by atoms with Gasteiger partial charge >= 0.3 is 0 Å². The van der Waals surface area contributed by atoms with Crippen molar-refractivity contribution in [2.24, 2.45) is 11.8 Å². The lowest BCUT2D eigenvalue weighted by molar-refractivity contribution is -0.139. The molecule has 3 aliphatic heterocycles. The van der Waals surface area contributed by atoms with E-state index in [0.29, 0.717) is 57.8 Å². The topological polar surface area (TPSA) is 100 Å². The summed E-state index contributed by atoms with van der Waals surface area (Å²) in [4.78, 5) is 43.1. The van der Waals surface area contributed by atoms with Gasteiger partial charge in [-0.05, 0) is 74.3 Å². The fourth-order valence-corrected chi connectivity index (χ4v) is 5.79. The maximum atomic E-state index is 13.6. The molecule has 2 aromatic rings. The number of carbonyl (C=O) groups excluding carboxylic acids is 3. The molecule has 40 heavy (non-hydrogen) atoms. The first-order valence-corrected chi connectivity index (χ1v) is 14.0. The fraction of sp³-hybridized carbons (Fsp3) is 0.500. The summed E-state index contributed by atoms with van der Waals surface area (Å²) >= 11 is 0. The van der Waals surface area contributed by atoms with Crippen LogP contribution in [0.4, 0.5) is 4.39 Å². The van der Waals surface area contributed by atoms with Gasteiger partial charge in [-0.3, -0.25) is 24.6 Å². The Labute approximate surface area is 234 Å². The minimum Gasteiger partial charge on any atom is -0.497 e. The zero-order valence-corrected chi connectivity index (χ0v) is 22.8. The predicted octanol–water partition coefficient (Wildman–Crippen LogP) is 2.21. The number of nitrogens with zero attached hydrogens (tertiary/aromatic N) is 2. The van der Waals surface area contributed by atoms with E-state index in [1.807, 2.05) is 24.3 Å². The van der Waals surface area contributed by atoms with E-state index in [-0.39, 0.29) is 54.0 Å². The largest absolute Gasteiger partial charge is 0.497 e.